The van der Waals surface area contributed by atoms with E-state index in [9.17, 15) is 13.2 Å². The molecule has 0 atom stereocenters. The van der Waals surface area contributed by atoms with Gasteiger partial charge in [-0.25, -0.2) is 9.99 Å². The van der Waals surface area contributed by atoms with E-state index in [0.29, 0.717) is 11.4 Å². The molecule has 1 aromatic heterocycles. The van der Waals surface area contributed by atoms with Crippen LogP contribution >= 0.6 is 0 Å². The van der Waals surface area contributed by atoms with Crippen molar-refractivity contribution in [2.75, 3.05) is 12.1 Å². The van der Waals surface area contributed by atoms with Crippen molar-refractivity contribution in [3.8, 4) is 0 Å². The molecule has 3 rings (SSSR count). The quantitative estimate of drug-likeness (QED) is 0.536. The first-order chi connectivity index (χ1) is 11.4. The molecule has 7 heteroatoms. The molecule has 0 unspecified atom stereocenters. The molecular weight excluding hydrogens is 317 g/mol. The fourth-order valence-corrected chi connectivity index (χ4v) is 2.11. The van der Waals surface area contributed by atoms with Gasteiger partial charge < -0.3 is 0 Å². The number of halogens is 3. The summed E-state index contributed by atoms with van der Waals surface area (Å²) < 4.78 is 38.1. The first-order valence-electron chi connectivity index (χ1n) is 7.10. The highest BCUT2D eigenvalue weighted by molar-refractivity contribution is 5.81. The number of hydrogen-bond donors (Lipinski definition) is 0. The molecule has 0 aliphatic heterocycles. The minimum atomic E-state index is -4.38. The third-order valence-electron chi connectivity index (χ3n) is 3.36. The van der Waals surface area contributed by atoms with E-state index in [4.69, 9.17) is 0 Å². The van der Waals surface area contributed by atoms with Crippen LogP contribution in [-0.2, 0) is 6.18 Å². The molecule has 122 valence electrons. The first-order valence-corrected chi connectivity index (χ1v) is 7.10. The topological polar surface area (TPSA) is 41.4 Å². The van der Waals surface area contributed by atoms with E-state index in [2.05, 4.69) is 15.1 Å². The zero-order valence-corrected chi connectivity index (χ0v) is 12.7. The number of anilines is 1. The molecule has 0 radical (unpaired) electrons. The average molecular weight is 330 g/mol. The van der Waals surface area contributed by atoms with Crippen molar-refractivity contribution in [3.05, 3.63) is 65.9 Å². The fourth-order valence-electron chi connectivity index (χ4n) is 2.11. The lowest BCUT2D eigenvalue weighted by Crippen LogP contribution is -2.11. The number of alkyl halides is 3. The maximum absolute atomic E-state index is 12.7. The van der Waals surface area contributed by atoms with Gasteiger partial charge in [0.25, 0.3) is 0 Å². The molecule has 24 heavy (non-hydrogen) atoms. The van der Waals surface area contributed by atoms with Crippen molar-refractivity contribution >= 4 is 23.1 Å². The highest BCUT2D eigenvalue weighted by Crippen LogP contribution is 2.29. The highest BCUT2D eigenvalue weighted by atomic mass is 19.4. The molecule has 0 spiro atoms. The molecule has 3 aromatic rings. The fraction of sp³-hybridized carbons (Fsp3) is 0.118. The molecule has 0 bridgehead atoms. The zero-order chi connectivity index (χ0) is 17.2. The summed E-state index contributed by atoms with van der Waals surface area (Å²) in [4.78, 5) is 8.69. The lowest BCUT2D eigenvalue weighted by Gasteiger charge is -2.12. The summed E-state index contributed by atoms with van der Waals surface area (Å²) in [6.07, 6.45) is -1.46. The molecular formula is C17H13F3N4. The van der Waals surface area contributed by atoms with Crippen LogP contribution in [0.15, 0.2) is 59.8 Å². The Balaban J connectivity index is 1.83. The van der Waals surface area contributed by atoms with Gasteiger partial charge in [-0.2, -0.15) is 18.3 Å². The Morgan fingerprint density at radius 1 is 1.04 bits per heavy atom. The van der Waals surface area contributed by atoms with Gasteiger partial charge in [0.05, 0.1) is 29.0 Å². The minimum absolute atomic E-state index is 0.352. The Hall–Kier alpha value is -2.96. The first kappa shape index (κ1) is 15.9. The Kier molecular flexibility index (Phi) is 4.16. The summed E-state index contributed by atoms with van der Waals surface area (Å²) in [6.45, 7) is 0. The minimum Gasteiger partial charge on any atom is -0.251 e. The van der Waals surface area contributed by atoms with Crippen molar-refractivity contribution in [1.29, 1.82) is 0 Å². The SMILES string of the molecule is CN(N=Cc1cccc(C(F)(F)F)c1)c1cnc2ccccc2n1. The van der Waals surface area contributed by atoms with Gasteiger partial charge in [-0.3, -0.25) is 4.98 Å². The molecule has 2 aromatic carbocycles. The van der Waals surface area contributed by atoms with Crippen LogP contribution in [0.3, 0.4) is 0 Å². The van der Waals surface area contributed by atoms with Gasteiger partial charge in [0, 0.05) is 7.05 Å². The largest absolute Gasteiger partial charge is 0.416 e. The van der Waals surface area contributed by atoms with Gasteiger partial charge in [-0.05, 0) is 29.8 Å². The molecule has 0 aliphatic carbocycles. The van der Waals surface area contributed by atoms with Gasteiger partial charge in [-0.15, -0.1) is 0 Å². The predicted octanol–water partition coefficient (Wildman–Crippen LogP) is 4.12. The summed E-state index contributed by atoms with van der Waals surface area (Å²) in [7, 11) is 1.66. The van der Waals surface area contributed by atoms with Crippen molar-refractivity contribution < 1.29 is 13.2 Å². The smallest absolute Gasteiger partial charge is 0.251 e. The molecule has 0 saturated heterocycles. The standard InChI is InChI=1S/C17H13F3N4/c1-24(16-11-21-14-7-2-3-8-15(14)23-16)22-10-12-5-4-6-13(9-12)17(18,19)20/h2-11H,1H3. The molecule has 0 N–H and O–H groups in total. The van der Waals surface area contributed by atoms with Gasteiger partial charge in [-0.1, -0.05) is 24.3 Å². The molecule has 0 amide bonds. The summed E-state index contributed by atoms with van der Waals surface area (Å²) in [5.74, 6) is 0.497. The molecule has 0 aliphatic rings. The molecule has 0 saturated carbocycles. The van der Waals surface area contributed by atoms with Crippen LogP contribution in [0.2, 0.25) is 0 Å². The summed E-state index contributed by atoms with van der Waals surface area (Å²) >= 11 is 0. The maximum atomic E-state index is 12.7. The Morgan fingerprint density at radius 2 is 1.79 bits per heavy atom. The second-order valence-corrected chi connectivity index (χ2v) is 5.11. The number of fused-ring (bicyclic) bond motifs is 1. The predicted molar refractivity (Wildman–Crippen MR) is 87.0 cm³/mol. The van der Waals surface area contributed by atoms with Gasteiger partial charge in [0.15, 0.2) is 5.82 Å². The molecule has 1 heterocycles. The van der Waals surface area contributed by atoms with E-state index < -0.39 is 11.7 Å². The van der Waals surface area contributed by atoms with Crippen molar-refractivity contribution in [2.45, 2.75) is 6.18 Å². The number of nitrogens with zero attached hydrogens (tertiary/aromatic N) is 4. The lowest BCUT2D eigenvalue weighted by atomic mass is 10.1. The second-order valence-electron chi connectivity index (χ2n) is 5.11. The normalized spacial score (nSPS) is 12.0. The van der Waals surface area contributed by atoms with Crippen molar-refractivity contribution in [3.63, 3.8) is 0 Å². The second kappa shape index (κ2) is 6.27. The Labute approximate surface area is 136 Å². The Morgan fingerprint density at radius 3 is 2.54 bits per heavy atom. The summed E-state index contributed by atoms with van der Waals surface area (Å²) in [5.41, 5.74) is 1.12. The van der Waals surface area contributed by atoms with Crippen LogP contribution in [0.1, 0.15) is 11.1 Å². The van der Waals surface area contributed by atoms with Crippen LogP contribution in [0, 0.1) is 0 Å². The van der Waals surface area contributed by atoms with Crippen LogP contribution in [0.25, 0.3) is 11.0 Å². The van der Waals surface area contributed by atoms with Crippen LogP contribution in [0.4, 0.5) is 19.0 Å². The third kappa shape index (κ3) is 3.51. The van der Waals surface area contributed by atoms with Crippen molar-refractivity contribution in [1.82, 2.24) is 9.97 Å². The van der Waals surface area contributed by atoms with Crippen LogP contribution in [0.5, 0.6) is 0 Å². The van der Waals surface area contributed by atoms with Crippen molar-refractivity contribution in [2.24, 2.45) is 5.10 Å². The van der Waals surface area contributed by atoms with Gasteiger partial charge in [0.2, 0.25) is 0 Å². The van der Waals surface area contributed by atoms with Crippen LogP contribution < -0.4 is 5.01 Å². The number of benzene rings is 2. The Bertz CT molecular complexity index is 890. The van der Waals surface area contributed by atoms with Gasteiger partial charge in [0.1, 0.15) is 0 Å². The van der Waals surface area contributed by atoms with Gasteiger partial charge >= 0.3 is 6.18 Å². The zero-order valence-electron chi connectivity index (χ0n) is 12.7. The summed E-state index contributed by atoms with van der Waals surface area (Å²) in [5, 5.41) is 5.59. The monoisotopic (exact) mass is 330 g/mol. The average Bonchev–Trinajstić information content (AvgIpc) is 2.59. The highest BCUT2D eigenvalue weighted by Gasteiger charge is 2.30. The van der Waals surface area contributed by atoms with Crippen LogP contribution in [-0.4, -0.2) is 23.2 Å². The van der Waals surface area contributed by atoms with E-state index in [0.717, 1.165) is 23.2 Å². The maximum Gasteiger partial charge on any atom is 0.416 e. The van der Waals surface area contributed by atoms with E-state index in [-0.39, 0.29) is 0 Å². The van der Waals surface area contributed by atoms with E-state index >= 15 is 0 Å². The van der Waals surface area contributed by atoms with E-state index in [1.54, 1.807) is 19.3 Å². The van der Waals surface area contributed by atoms with E-state index in [1.165, 1.54) is 17.3 Å². The lowest BCUT2D eigenvalue weighted by molar-refractivity contribution is -0.137. The number of para-hydroxylation sites is 2. The van der Waals surface area contributed by atoms with E-state index in [1.807, 2.05) is 24.3 Å². The molecule has 4 nitrogen and oxygen atoms in total. The number of rotatable bonds is 3. The number of hydrazone groups is 1. The molecule has 0 fully saturated rings. The third-order valence-corrected chi connectivity index (χ3v) is 3.36. The number of hydrogen-bond acceptors (Lipinski definition) is 4. The number of aromatic nitrogens is 2. The summed E-state index contributed by atoms with van der Waals surface area (Å²) in [6, 6.07) is 12.4.